The lowest BCUT2D eigenvalue weighted by atomic mass is 10.2. The summed E-state index contributed by atoms with van der Waals surface area (Å²) in [6.07, 6.45) is 1.70. The third-order valence-corrected chi connectivity index (χ3v) is 1.45. The lowest BCUT2D eigenvalue weighted by Crippen LogP contribution is -1.86. The Morgan fingerprint density at radius 1 is 1.70 bits per heavy atom. The molecule has 0 saturated carbocycles. The van der Waals surface area contributed by atoms with Gasteiger partial charge in [-0.05, 0) is 18.6 Å². The van der Waals surface area contributed by atoms with Gasteiger partial charge in [-0.25, -0.2) is 0 Å². The Balaban J connectivity index is 3.15. The molecule has 52 valence electrons. The predicted octanol–water partition coefficient (Wildman–Crippen LogP) is 2.60. The van der Waals surface area contributed by atoms with Gasteiger partial charge in [-0.1, -0.05) is 24.2 Å². The van der Waals surface area contributed by atoms with E-state index in [1.165, 1.54) is 0 Å². The number of rotatable bonds is 1. The summed E-state index contributed by atoms with van der Waals surface area (Å²) in [5, 5.41) is 0.498. The molecule has 0 radical (unpaired) electrons. The van der Waals surface area contributed by atoms with Crippen molar-refractivity contribution in [2.24, 2.45) is 0 Å². The van der Waals surface area contributed by atoms with E-state index in [1.54, 1.807) is 6.20 Å². The zero-order chi connectivity index (χ0) is 7.56. The van der Waals surface area contributed by atoms with E-state index in [1.807, 2.05) is 19.1 Å². The maximum absolute atomic E-state index is 5.65. The number of aromatic nitrogens is 1. The quantitative estimate of drug-likeness (QED) is 0.605. The maximum Gasteiger partial charge on any atom is 0.0838 e. The summed E-state index contributed by atoms with van der Waals surface area (Å²) in [4.78, 5) is 4.05. The number of halogens is 1. The summed E-state index contributed by atoms with van der Waals surface area (Å²) < 4.78 is 0. The number of hydrogen-bond acceptors (Lipinski definition) is 1. The molecule has 0 N–H and O–H groups in total. The molecule has 0 saturated heterocycles. The molecule has 1 nitrogen and oxygen atoms in total. The molecule has 0 atom stereocenters. The van der Waals surface area contributed by atoms with Gasteiger partial charge < -0.3 is 0 Å². The van der Waals surface area contributed by atoms with E-state index in [2.05, 4.69) is 11.6 Å². The highest BCUT2D eigenvalue weighted by Gasteiger charge is 1.98. The average molecular weight is 154 g/mol. The second-order valence-corrected chi connectivity index (χ2v) is 2.53. The molecule has 0 aliphatic rings. The van der Waals surface area contributed by atoms with Crippen molar-refractivity contribution >= 4 is 16.6 Å². The predicted molar refractivity (Wildman–Crippen MR) is 43.9 cm³/mol. The molecule has 0 unspecified atom stereocenters. The number of aryl methyl sites for hydroxylation is 1. The van der Waals surface area contributed by atoms with E-state index in [0.717, 1.165) is 11.3 Å². The second-order valence-electron chi connectivity index (χ2n) is 2.07. The first-order valence-corrected chi connectivity index (χ1v) is 3.36. The Morgan fingerprint density at radius 3 is 2.80 bits per heavy atom. The first-order chi connectivity index (χ1) is 4.72. The molecule has 0 fully saturated rings. The molecule has 1 rings (SSSR count). The fourth-order valence-electron chi connectivity index (χ4n) is 0.770. The third kappa shape index (κ3) is 1.36. The van der Waals surface area contributed by atoms with Gasteiger partial charge in [-0.15, -0.1) is 0 Å². The van der Waals surface area contributed by atoms with E-state index in [0.29, 0.717) is 5.03 Å². The monoisotopic (exact) mass is 153 g/mol. The molecular formula is C8H8ClN. The number of pyridine rings is 1. The second kappa shape index (κ2) is 2.84. The SMILES string of the molecule is C=C(Cl)c1ncccc1C. The molecule has 1 heterocycles. The van der Waals surface area contributed by atoms with Gasteiger partial charge in [0.1, 0.15) is 0 Å². The van der Waals surface area contributed by atoms with E-state index in [4.69, 9.17) is 11.6 Å². The van der Waals surface area contributed by atoms with Gasteiger partial charge in [0, 0.05) is 6.20 Å². The first kappa shape index (κ1) is 7.29. The van der Waals surface area contributed by atoms with E-state index < -0.39 is 0 Å². The van der Waals surface area contributed by atoms with Crippen LogP contribution in [-0.4, -0.2) is 4.98 Å². The largest absolute Gasteiger partial charge is 0.255 e. The molecular weight excluding hydrogens is 146 g/mol. The highest BCUT2D eigenvalue weighted by Crippen LogP contribution is 2.16. The summed E-state index contributed by atoms with van der Waals surface area (Å²) in [5.41, 5.74) is 1.84. The van der Waals surface area contributed by atoms with Crippen molar-refractivity contribution in [2.75, 3.05) is 0 Å². The van der Waals surface area contributed by atoms with Crippen molar-refractivity contribution in [3.8, 4) is 0 Å². The van der Waals surface area contributed by atoms with Crippen LogP contribution in [0.25, 0.3) is 5.03 Å². The van der Waals surface area contributed by atoms with Crippen LogP contribution in [0.4, 0.5) is 0 Å². The Morgan fingerprint density at radius 2 is 2.40 bits per heavy atom. The lowest BCUT2D eigenvalue weighted by molar-refractivity contribution is 1.23. The van der Waals surface area contributed by atoms with Gasteiger partial charge in [0.15, 0.2) is 0 Å². The van der Waals surface area contributed by atoms with Crippen LogP contribution in [-0.2, 0) is 0 Å². The summed E-state index contributed by atoms with van der Waals surface area (Å²) in [6, 6.07) is 3.83. The molecule has 1 aromatic heterocycles. The smallest absolute Gasteiger partial charge is 0.0838 e. The van der Waals surface area contributed by atoms with E-state index in [9.17, 15) is 0 Å². The lowest BCUT2D eigenvalue weighted by Gasteiger charge is -1.98. The van der Waals surface area contributed by atoms with Crippen LogP contribution in [0.15, 0.2) is 24.9 Å². The van der Waals surface area contributed by atoms with Gasteiger partial charge in [-0.3, -0.25) is 4.98 Å². The average Bonchev–Trinajstić information content (AvgIpc) is 1.88. The Labute approximate surface area is 65.4 Å². The third-order valence-electron chi connectivity index (χ3n) is 1.27. The van der Waals surface area contributed by atoms with Gasteiger partial charge in [-0.2, -0.15) is 0 Å². The molecule has 0 aliphatic heterocycles. The van der Waals surface area contributed by atoms with Crippen LogP contribution >= 0.6 is 11.6 Å². The molecule has 10 heavy (non-hydrogen) atoms. The molecule has 0 aromatic carbocycles. The van der Waals surface area contributed by atoms with Gasteiger partial charge in [0.25, 0.3) is 0 Å². The molecule has 0 bridgehead atoms. The van der Waals surface area contributed by atoms with Crippen molar-refractivity contribution in [1.82, 2.24) is 4.98 Å². The fourth-order valence-corrected chi connectivity index (χ4v) is 0.968. The van der Waals surface area contributed by atoms with Crippen LogP contribution in [0.2, 0.25) is 0 Å². The topological polar surface area (TPSA) is 12.9 Å². The van der Waals surface area contributed by atoms with Crippen molar-refractivity contribution in [3.05, 3.63) is 36.2 Å². The summed E-state index contributed by atoms with van der Waals surface area (Å²) in [5.74, 6) is 0. The normalized spacial score (nSPS) is 9.40. The van der Waals surface area contributed by atoms with Crippen LogP contribution in [0, 0.1) is 6.92 Å². The zero-order valence-corrected chi connectivity index (χ0v) is 6.52. The molecule has 2 heteroatoms. The number of hydrogen-bond donors (Lipinski definition) is 0. The van der Waals surface area contributed by atoms with Crippen molar-refractivity contribution in [3.63, 3.8) is 0 Å². The fraction of sp³-hybridized carbons (Fsp3) is 0.125. The van der Waals surface area contributed by atoms with Crippen LogP contribution < -0.4 is 0 Å². The van der Waals surface area contributed by atoms with E-state index >= 15 is 0 Å². The highest BCUT2D eigenvalue weighted by atomic mass is 35.5. The molecule has 0 spiro atoms. The highest BCUT2D eigenvalue weighted by molar-refractivity contribution is 6.48. The van der Waals surface area contributed by atoms with Gasteiger partial charge >= 0.3 is 0 Å². The maximum atomic E-state index is 5.65. The van der Waals surface area contributed by atoms with Crippen molar-refractivity contribution in [2.45, 2.75) is 6.92 Å². The molecule has 0 amide bonds. The van der Waals surface area contributed by atoms with Crippen LogP contribution in [0.5, 0.6) is 0 Å². The number of nitrogens with zero attached hydrogens (tertiary/aromatic N) is 1. The Kier molecular flexibility index (Phi) is 2.07. The van der Waals surface area contributed by atoms with Crippen LogP contribution in [0.3, 0.4) is 0 Å². The summed E-state index contributed by atoms with van der Waals surface area (Å²) in [6.45, 7) is 5.54. The summed E-state index contributed by atoms with van der Waals surface area (Å²) >= 11 is 5.65. The zero-order valence-electron chi connectivity index (χ0n) is 5.76. The van der Waals surface area contributed by atoms with Crippen LogP contribution in [0.1, 0.15) is 11.3 Å². The minimum Gasteiger partial charge on any atom is -0.255 e. The minimum absolute atomic E-state index is 0.498. The molecule has 1 aromatic rings. The minimum atomic E-state index is 0.498. The summed E-state index contributed by atoms with van der Waals surface area (Å²) in [7, 11) is 0. The van der Waals surface area contributed by atoms with Gasteiger partial charge in [0.2, 0.25) is 0 Å². The van der Waals surface area contributed by atoms with E-state index in [-0.39, 0.29) is 0 Å². The van der Waals surface area contributed by atoms with Crippen molar-refractivity contribution in [1.29, 1.82) is 0 Å². The Hall–Kier alpha value is -0.820. The molecule has 0 aliphatic carbocycles. The van der Waals surface area contributed by atoms with Crippen molar-refractivity contribution < 1.29 is 0 Å². The Bertz CT molecular complexity index is 255. The first-order valence-electron chi connectivity index (χ1n) is 2.98. The standard InChI is InChI=1S/C8H8ClN/c1-6-4-3-5-10-8(6)7(2)9/h3-5H,2H2,1H3. The van der Waals surface area contributed by atoms with Gasteiger partial charge in [0.05, 0.1) is 10.7 Å².